The fourth-order valence-corrected chi connectivity index (χ4v) is 7.89. The van der Waals surface area contributed by atoms with E-state index < -0.39 is 6.10 Å². The third-order valence-corrected chi connectivity index (χ3v) is 12.3. The zero-order chi connectivity index (χ0) is 54.3. The lowest BCUT2D eigenvalue weighted by molar-refractivity contribution is -0.167. The highest BCUT2D eigenvalue weighted by atomic mass is 16.6. The largest absolute Gasteiger partial charge is 0.462 e. The molecule has 1 atom stereocenters. The van der Waals surface area contributed by atoms with Gasteiger partial charge in [0.05, 0.1) is 0 Å². The summed E-state index contributed by atoms with van der Waals surface area (Å²) in [5.74, 6) is -0.965. The molecule has 422 valence electrons. The van der Waals surface area contributed by atoms with E-state index in [0.29, 0.717) is 12.8 Å². The van der Waals surface area contributed by atoms with E-state index in [1.54, 1.807) is 0 Å². The summed E-state index contributed by atoms with van der Waals surface area (Å²) in [5.41, 5.74) is 0. The molecule has 0 rings (SSSR count). The van der Waals surface area contributed by atoms with E-state index >= 15 is 0 Å². The molecule has 0 saturated heterocycles. The molecular weight excluding hydrogens is 925 g/mol. The molecule has 0 saturated carbocycles. The molecular formula is C69H110O6. The number of ether oxygens (including phenoxy) is 3. The average molecular weight is 1040 g/mol. The molecule has 0 aromatic heterocycles. The standard InChI is InChI=1S/C69H110O6/c1-4-7-10-13-16-19-22-25-27-29-30-31-32-33-34-35-36-37-38-40-41-44-47-50-53-56-59-62-68(71)74-65-66(64-73-67(70)61-58-55-52-49-46-43-24-21-18-15-12-9-6-3)75-69(72)63-60-57-54-51-48-45-42-39-28-26-23-20-17-14-11-8-5-2/h7-12,16-21,25-28,30-31,33-34,42-43,45-46,66H,4-6,13-15,22-24,29,32,35-41,44,47-65H2,1-3H3/b10-7-,11-8-,12-9-,19-16-,20-17-,21-18-,27-25-,28-26-,31-30-,34-33-,45-42-,46-43-. The lowest BCUT2D eigenvalue weighted by Crippen LogP contribution is -2.30. The second kappa shape index (κ2) is 61.8. The predicted octanol–water partition coefficient (Wildman–Crippen LogP) is 20.8. The molecule has 1 unspecified atom stereocenters. The topological polar surface area (TPSA) is 78.9 Å². The van der Waals surface area contributed by atoms with Gasteiger partial charge in [-0.3, -0.25) is 14.4 Å². The Labute approximate surface area is 461 Å². The van der Waals surface area contributed by atoms with Crippen LogP contribution in [0, 0.1) is 0 Å². The van der Waals surface area contributed by atoms with Gasteiger partial charge < -0.3 is 14.2 Å². The van der Waals surface area contributed by atoms with Crippen LogP contribution >= 0.6 is 0 Å². The van der Waals surface area contributed by atoms with Gasteiger partial charge in [-0.2, -0.15) is 0 Å². The van der Waals surface area contributed by atoms with E-state index in [1.165, 1.54) is 57.8 Å². The minimum atomic E-state index is -0.811. The summed E-state index contributed by atoms with van der Waals surface area (Å²) in [6.07, 6.45) is 88.5. The van der Waals surface area contributed by atoms with Crippen LogP contribution in [0.5, 0.6) is 0 Å². The van der Waals surface area contributed by atoms with Gasteiger partial charge >= 0.3 is 17.9 Å². The zero-order valence-electron chi connectivity index (χ0n) is 48.3. The first-order valence-corrected chi connectivity index (χ1v) is 30.3. The van der Waals surface area contributed by atoms with Gasteiger partial charge in [-0.15, -0.1) is 0 Å². The predicted molar refractivity (Wildman–Crippen MR) is 325 cm³/mol. The number of carbonyl (C=O) groups excluding carboxylic acids is 3. The molecule has 0 aromatic carbocycles. The van der Waals surface area contributed by atoms with Crippen molar-refractivity contribution in [3.8, 4) is 0 Å². The van der Waals surface area contributed by atoms with E-state index in [4.69, 9.17) is 14.2 Å². The van der Waals surface area contributed by atoms with Crippen LogP contribution in [0.15, 0.2) is 146 Å². The summed E-state index contributed by atoms with van der Waals surface area (Å²) in [5, 5.41) is 0. The van der Waals surface area contributed by atoms with E-state index in [2.05, 4.69) is 167 Å². The quantitative estimate of drug-likeness (QED) is 0.0261. The van der Waals surface area contributed by atoms with Crippen LogP contribution in [0.1, 0.15) is 252 Å². The van der Waals surface area contributed by atoms with Crippen molar-refractivity contribution in [3.63, 3.8) is 0 Å². The van der Waals surface area contributed by atoms with Gasteiger partial charge in [-0.1, -0.05) is 244 Å². The van der Waals surface area contributed by atoms with Crippen LogP contribution in [-0.2, 0) is 28.6 Å². The maximum absolute atomic E-state index is 12.9. The normalized spacial score (nSPS) is 13.2. The Kier molecular flexibility index (Phi) is 58.0. The first-order valence-electron chi connectivity index (χ1n) is 30.3. The van der Waals surface area contributed by atoms with Crippen LogP contribution in [0.2, 0.25) is 0 Å². The molecule has 0 aliphatic heterocycles. The Bertz CT molecular complexity index is 1660. The smallest absolute Gasteiger partial charge is 0.306 e. The summed E-state index contributed by atoms with van der Waals surface area (Å²) in [4.78, 5) is 38.2. The average Bonchev–Trinajstić information content (AvgIpc) is 3.41. The lowest BCUT2D eigenvalue weighted by Gasteiger charge is -2.18. The van der Waals surface area contributed by atoms with Gasteiger partial charge in [0.2, 0.25) is 0 Å². The van der Waals surface area contributed by atoms with Crippen molar-refractivity contribution in [1.29, 1.82) is 0 Å². The van der Waals surface area contributed by atoms with Crippen LogP contribution in [-0.4, -0.2) is 37.2 Å². The van der Waals surface area contributed by atoms with E-state index in [0.717, 1.165) is 154 Å². The molecule has 0 N–H and O–H groups in total. The molecule has 0 bridgehead atoms. The van der Waals surface area contributed by atoms with Crippen LogP contribution < -0.4 is 0 Å². The Morgan fingerprint density at radius 2 is 0.480 bits per heavy atom. The lowest BCUT2D eigenvalue weighted by atomic mass is 10.0. The highest BCUT2D eigenvalue weighted by Crippen LogP contribution is 2.15. The minimum absolute atomic E-state index is 0.104. The van der Waals surface area contributed by atoms with Gasteiger partial charge in [0, 0.05) is 19.3 Å². The summed E-state index contributed by atoms with van der Waals surface area (Å²) in [6.45, 7) is 6.24. The van der Waals surface area contributed by atoms with Crippen molar-refractivity contribution < 1.29 is 28.6 Å². The van der Waals surface area contributed by atoms with Gasteiger partial charge in [0.1, 0.15) is 13.2 Å². The fraction of sp³-hybridized carbons (Fsp3) is 0.609. The van der Waals surface area contributed by atoms with Crippen LogP contribution in [0.4, 0.5) is 0 Å². The number of unbranched alkanes of at least 4 members (excludes halogenated alkanes) is 18. The summed E-state index contributed by atoms with van der Waals surface area (Å²) < 4.78 is 16.8. The van der Waals surface area contributed by atoms with Crippen molar-refractivity contribution in [2.45, 2.75) is 258 Å². The highest BCUT2D eigenvalue weighted by molar-refractivity contribution is 5.71. The summed E-state index contributed by atoms with van der Waals surface area (Å²) in [7, 11) is 0. The number of rotatable bonds is 53. The fourth-order valence-electron chi connectivity index (χ4n) is 7.89. The molecule has 0 fully saturated rings. The molecule has 0 amide bonds. The Balaban J connectivity index is 4.37. The number of esters is 3. The molecule has 0 radical (unpaired) electrons. The van der Waals surface area contributed by atoms with Crippen LogP contribution in [0.25, 0.3) is 0 Å². The van der Waals surface area contributed by atoms with E-state index in [9.17, 15) is 14.4 Å². The molecule has 0 aromatic rings. The highest BCUT2D eigenvalue weighted by Gasteiger charge is 2.19. The number of hydrogen-bond donors (Lipinski definition) is 0. The first-order chi connectivity index (χ1) is 37.0. The minimum Gasteiger partial charge on any atom is -0.462 e. The molecule has 0 spiro atoms. The number of allylic oxidation sites excluding steroid dienone is 24. The van der Waals surface area contributed by atoms with Gasteiger partial charge in [0.25, 0.3) is 0 Å². The third-order valence-electron chi connectivity index (χ3n) is 12.3. The van der Waals surface area contributed by atoms with Gasteiger partial charge in [-0.25, -0.2) is 0 Å². The molecule has 6 heteroatoms. The van der Waals surface area contributed by atoms with Crippen molar-refractivity contribution in [3.05, 3.63) is 146 Å². The molecule has 75 heavy (non-hydrogen) atoms. The molecule has 0 aliphatic carbocycles. The number of hydrogen-bond acceptors (Lipinski definition) is 6. The first kappa shape index (κ1) is 70.3. The summed E-state index contributed by atoms with van der Waals surface area (Å²) >= 11 is 0. The molecule has 6 nitrogen and oxygen atoms in total. The number of carbonyl (C=O) groups is 3. The maximum Gasteiger partial charge on any atom is 0.306 e. The molecule has 0 aliphatic rings. The molecule has 0 heterocycles. The van der Waals surface area contributed by atoms with Crippen molar-refractivity contribution in [2.75, 3.05) is 13.2 Å². The summed E-state index contributed by atoms with van der Waals surface area (Å²) in [6, 6.07) is 0. The van der Waals surface area contributed by atoms with Crippen molar-refractivity contribution in [1.82, 2.24) is 0 Å². The van der Waals surface area contributed by atoms with E-state index in [1.807, 2.05) is 0 Å². The van der Waals surface area contributed by atoms with Crippen molar-refractivity contribution >= 4 is 17.9 Å². The Hall–Kier alpha value is -4.71. The second-order valence-corrected chi connectivity index (χ2v) is 19.5. The zero-order valence-corrected chi connectivity index (χ0v) is 48.3. The Morgan fingerprint density at radius 3 is 0.760 bits per heavy atom. The van der Waals surface area contributed by atoms with Gasteiger partial charge in [-0.05, 0) is 135 Å². The SMILES string of the molecule is CC/C=C\C/C=C\C/C=C\C/C=C\C/C=C\CCCCCCCCCCCCCC(=O)OCC(COC(=O)CCCCC/C=C\C/C=C\C/C=C\CC)OC(=O)CCCCCC/C=C\C/C=C\C/C=C\C/C=C\CC. The maximum atomic E-state index is 12.9. The third kappa shape index (κ3) is 60.0. The monoisotopic (exact) mass is 1030 g/mol. The second-order valence-electron chi connectivity index (χ2n) is 19.5. The van der Waals surface area contributed by atoms with Crippen LogP contribution in [0.3, 0.4) is 0 Å². The Morgan fingerprint density at radius 1 is 0.267 bits per heavy atom. The van der Waals surface area contributed by atoms with Crippen molar-refractivity contribution in [2.24, 2.45) is 0 Å². The van der Waals surface area contributed by atoms with E-state index in [-0.39, 0.29) is 37.5 Å². The van der Waals surface area contributed by atoms with Gasteiger partial charge in [0.15, 0.2) is 6.10 Å².